The summed E-state index contributed by atoms with van der Waals surface area (Å²) in [5.74, 6) is 0.140. The summed E-state index contributed by atoms with van der Waals surface area (Å²) in [6, 6.07) is 0. The van der Waals surface area contributed by atoms with E-state index in [1.165, 1.54) is 6.08 Å². The van der Waals surface area contributed by atoms with Gasteiger partial charge < -0.3 is 24.0 Å². The van der Waals surface area contributed by atoms with Gasteiger partial charge in [-0.3, -0.25) is 9.13 Å². The van der Waals surface area contributed by atoms with Crippen molar-refractivity contribution in [1.29, 1.82) is 0 Å². The number of allylic oxidation sites excluding steroid dienone is 3. The van der Waals surface area contributed by atoms with E-state index in [0.717, 1.165) is 17.6 Å². The van der Waals surface area contributed by atoms with Gasteiger partial charge in [0.1, 0.15) is 5.78 Å². The summed E-state index contributed by atoms with van der Waals surface area (Å²) in [4.78, 5) is 40.5. The van der Waals surface area contributed by atoms with Crippen molar-refractivity contribution in [1.82, 2.24) is 0 Å². The molecule has 134 valence electrons. The Bertz CT molecular complexity index is 546. The second kappa shape index (κ2) is 10.3. The number of ketones is 1. The number of hydrogen-bond acceptors (Lipinski definition) is 7. The Morgan fingerprint density at radius 1 is 1.04 bits per heavy atom. The Labute approximate surface area is 136 Å². The molecular formula is C13H22O8P2-2. The lowest BCUT2D eigenvalue weighted by Gasteiger charge is -2.26. The average molecular weight is 368 g/mol. The molecule has 0 aliphatic heterocycles. The number of hydrogen-bond donors (Lipinski definition) is 1. The van der Waals surface area contributed by atoms with Crippen molar-refractivity contribution in [2.45, 2.75) is 46.5 Å². The van der Waals surface area contributed by atoms with Crippen molar-refractivity contribution < 1.29 is 37.4 Å². The van der Waals surface area contributed by atoms with Crippen LogP contribution in [-0.4, -0.2) is 17.3 Å². The standard InChI is InChI=1S/C13H24O8P2/c1-11(7-8-13(3)14)5-4-6-12(2)9-10-20-23(18,19)21-22(15,16)17/h5,9H,4,6-8,10H2,1-3H3,(H,18,19)(H2,15,16,17)/p-2/b11-5+,12-9+. The molecule has 0 fully saturated rings. The maximum Gasteiger partial charge on any atom is 0.274 e. The first-order valence-corrected chi connectivity index (χ1v) is 9.88. The molecule has 2 atom stereocenters. The summed E-state index contributed by atoms with van der Waals surface area (Å²) in [7, 11) is -10.5. The average Bonchev–Trinajstić information content (AvgIpc) is 2.33. The van der Waals surface area contributed by atoms with E-state index in [4.69, 9.17) is 4.89 Å². The zero-order valence-electron chi connectivity index (χ0n) is 13.4. The molecule has 0 rings (SSSR count). The summed E-state index contributed by atoms with van der Waals surface area (Å²) in [5.41, 5.74) is 1.95. The van der Waals surface area contributed by atoms with Crippen molar-refractivity contribution in [3.8, 4) is 0 Å². The van der Waals surface area contributed by atoms with Gasteiger partial charge in [-0.05, 0) is 40.0 Å². The fraction of sp³-hybridized carbons (Fsp3) is 0.615. The highest BCUT2D eigenvalue weighted by Crippen LogP contribution is 2.52. The highest BCUT2D eigenvalue weighted by molar-refractivity contribution is 7.59. The number of phosphoric acid groups is 2. The van der Waals surface area contributed by atoms with Gasteiger partial charge in [0, 0.05) is 6.42 Å². The Kier molecular flexibility index (Phi) is 10.0. The van der Waals surface area contributed by atoms with Crippen LogP contribution in [0.3, 0.4) is 0 Å². The van der Waals surface area contributed by atoms with E-state index >= 15 is 0 Å². The normalized spacial score (nSPS) is 18.3. The zero-order chi connectivity index (χ0) is 18.1. The van der Waals surface area contributed by atoms with Gasteiger partial charge in [-0.15, -0.1) is 0 Å². The highest BCUT2D eigenvalue weighted by atomic mass is 31.3. The van der Waals surface area contributed by atoms with Gasteiger partial charge in [-0.1, -0.05) is 23.3 Å². The molecule has 23 heavy (non-hydrogen) atoms. The van der Waals surface area contributed by atoms with Crippen molar-refractivity contribution in [2.75, 3.05) is 6.61 Å². The second-order valence-corrected chi connectivity index (χ2v) is 7.88. The number of Topliss-reactive ketones (excluding diaryl/α,β-unsaturated/α-hetero) is 1. The van der Waals surface area contributed by atoms with Crippen molar-refractivity contribution in [3.63, 3.8) is 0 Å². The molecular weight excluding hydrogens is 346 g/mol. The molecule has 0 saturated carbocycles. The fourth-order valence-corrected chi connectivity index (χ4v) is 3.00. The quantitative estimate of drug-likeness (QED) is 0.432. The molecule has 0 heterocycles. The molecule has 0 aliphatic carbocycles. The van der Waals surface area contributed by atoms with E-state index in [1.807, 2.05) is 13.0 Å². The Morgan fingerprint density at radius 3 is 2.13 bits per heavy atom. The van der Waals surface area contributed by atoms with Gasteiger partial charge >= 0.3 is 0 Å². The van der Waals surface area contributed by atoms with Crippen molar-refractivity contribution >= 4 is 21.4 Å². The van der Waals surface area contributed by atoms with Crippen molar-refractivity contribution in [3.05, 3.63) is 23.3 Å². The van der Waals surface area contributed by atoms with Crippen LogP contribution in [0, 0.1) is 0 Å². The number of carbonyl (C=O) groups excluding carboxylic acids is 1. The predicted molar refractivity (Wildman–Crippen MR) is 81.1 cm³/mol. The van der Waals surface area contributed by atoms with Gasteiger partial charge in [-0.2, -0.15) is 0 Å². The number of rotatable bonds is 11. The van der Waals surface area contributed by atoms with Crippen LogP contribution in [0.4, 0.5) is 0 Å². The zero-order valence-corrected chi connectivity index (χ0v) is 15.2. The highest BCUT2D eigenvalue weighted by Gasteiger charge is 2.15. The van der Waals surface area contributed by atoms with Gasteiger partial charge in [0.15, 0.2) is 0 Å². The molecule has 0 aromatic carbocycles. The molecule has 0 saturated heterocycles. The molecule has 0 spiro atoms. The first-order chi connectivity index (χ1) is 10.4. The first kappa shape index (κ1) is 22.4. The van der Waals surface area contributed by atoms with Crippen molar-refractivity contribution in [2.24, 2.45) is 0 Å². The molecule has 2 unspecified atom stereocenters. The molecule has 0 aromatic heterocycles. The van der Waals surface area contributed by atoms with E-state index in [1.54, 1.807) is 13.8 Å². The molecule has 0 bridgehead atoms. The van der Waals surface area contributed by atoms with Crippen LogP contribution in [-0.2, 0) is 22.8 Å². The molecule has 8 nitrogen and oxygen atoms in total. The number of carbonyl (C=O) groups is 1. The molecule has 0 amide bonds. The smallest absolute Gasteiger partial charge is 0.274 e. The lowest BCUT2D eigenvalue weighted by Crippen LogP contribution is -2.11. The van der Waals surface area contributed by atoms with Crippen LogP contribution < -0.4 is 9.79 Å². The predicted octanol–water partition coefficient (Wildman–Crippen LogP) is 1.99. The van der Waals surface area contributed by atoms with Crippen LogP contribution >= 0.6 is 15.6 Å². The fourth-order valence-electron chi connectivity index (χ4n) is 1.54. The Morgan fingerprint density at radius 2 is 1.61 bits per heavy atom. The second-order valence-electron chi connectivity index (χ2n) is 5.13. The van der Waals surface area contributed by atoms with Gasteiger partial charge in [-0.25, -0.2) is 4.31 Å². The van der Waals surface area contributed by atoms with Crippen LogP contribution in [0.1, 0.15) is 46.5 Å². The largest absolute Gasteiger partial charge is 0.756 e. The summed E-state index contributed by atoms with van der Waals surface area (Å²) in [6.07, 6.45) is 6.09. The van der Waals surface area contributed by atoms with Crippen LogP contribution in [0.15, 0.2) is 23.3 Å². The third kappa shape index (κ3) is 14.7. The molecule has 0 aliphatic rings. The minimum Gasteiger partial charge on any atom is -0.756 e. The first-order valence-electron chi connectivity index (χ1n) is 6.93. The monoisotopic (exact) mass is 368 g/mol. The van der Waals surface area contributed by atoms with Crippen LogP contribution in [0.5, 0.6) is 0 Å². The summed E-state index contributed by atoms with van der Waals surface area (Å²) in [6.45, 7) is 4.86. The summed E-state index contributed by atoms with van der Waals surface area (Å²) < 4.78 is 29.1. The third-order valence-electron chi connectivity index (χ3n) is 2.77. The molecule has 1 N–H and O–H groups in total. The maximum atomic E-state index is 11.0. The van der Waals surface area contributed by atoms with E-state index in [-0.39, 0.29) is 12.4 Å². The Hall–Kier alpha value is -0.590. The molecule has 10 heteroatoms. The Balaban J connectivity index is 4.18. The van der Waals surface area contributed by atoms with E-state index in [0.29, 0.717) is 19.3 Å². The number of phosphoric ester groups is 1. The minimum absolute atomic E-state index is 0.140. The van der Waals surface area contributed by atoms with E-state index < -0.39 is 15.6 Å². The molecule has 0 aromatic rings. The summed E-state index contributed by atoms with van der Waals surface area (Å²) >= 11 is 0. The van der Waals surface area contributed by atoms with E-state index in [9.17, 15) is 23.7 Å². The van der Waals surface area contributed by atoms with E-state index in [2.05, 4.69) is 8.83 Å². The van der Waals surface area contributed by atoms with Crippen LogP contribution in [0.25, 0.3) is 0 Å². The van der Waals surface area contributed by atoms with Gasteiger partial charge in [0.05, 0.1) is 6.61 Å². The minimum atomic E-state index is -5.40. The van der Waals surface area contributed by atoms with Crippen LogP contribution in [0.2, 0.25) is 0 Å². The third-order valence-corrected chi connectivity index (χ3v) is 4.86. The maximum absolute atomic E-state index is 11.0. The molecule has 0 radical (unpaired) electrons. The lowest BCUT2D eigenvalue weighted by molar-refractivity contribution is -0.240. The summed E-state index contributed by atoms with van der Waals surface area (Å²) in [5, 5.41) is 0. The lowest BCUT2D eigenvalue weighted by atomic mass is 10.1. The van der Waals surface area contributed by atoms with Gasteiger partial charge in [0.25, 0.3) is 15.6 Å². The SMILES string of the molecule is CC(=O)CC/C(C)=C/CC/C(C)=C/COP(=O)([O-])OP(=O)([O-])O. The van der Waals surface area contributed by atoms with Gasteiger partial charge in [0.2, 0.25) is 0 Å². The topological polar surface area (TPSA) is 136 Å².